The zero-order valence-electron chi connectivity index (χ0n) is 23.0. The van der Waals surface area contributed by atoms with Crippen molar-refractivity contribution in [1.29, 1.82) is 0 Å². The molecule has 0 bridgehead atoms. The summed E-state index contributed by atoms with van der Waals surface area (Å²) in [6.07, 6.45) is 1.45. The molecular weight excluding hydrogens is 654 g/mol. The van der Waals surface area contributed by atoms with Gasteiger partial charge in [-0.2, -0.15) is 5.10 Å². The third-order valence-corrected chi connectivity index (χ3v) is 8.53. The fraction of sp³-hybridized carbons (Fsp3) is 0. The van der Waals surface area contributed by atoms with Gasteiger partial charge in [-0.1, -0.05) is 107 Å². The van der Waals surface area contributed by atoms with Gasteiger partial charge in [-0.15, -0.1) is 0 Å². The van der Waals surface area contributed by atoms with Crippen LogP contribution in [0.5, 0.6) is 11.5 Å². The molecule has 0 aliphatic heterocycles. The number of aromatic amines is 1. The number of carbonyl (C=O) groups excluding carboxylic acids is 2. The third kappa shape index (κ3) is 6.43. The van der Waals surface area contributed by atoms with Gasteiger partial charge in [0.25, 0.3) is 5.91 Å². The molecule has 0 unspecified atom stereocenters. The molecular formula is C34H20Cl4N4O3. The minimum absolute atomic E-state index is 0.0365. The second-order valence-electron chi connectivity index (χ2n) is 9.71. The van der Waals surface area contributed by atoms with Crippen molar-refractivity contribution < 1.29 is 14.3 Å². The molecule has 7 nitrogen and oxygen atoms in total. The predicted octanol–water partition coefficient (Wildman–Crippen LogP) is 9.63. The second kappa shape index (κ2) is 13.1. The Hall–Kier alpha value is -4.66. The van der Waals surface area contributed by atoms with Crippen LogP contribution in [0.15, 0.2) is 108 Å². The van der Waals surface area contributed by atoms with E-state index < -0.39 is 5.91 Å². The number of aromatic nitrogens is 2. The summed E-state index contributed by atoms with van der Waals surface area (Å²) in [6, 6.07) is 30.5. The number of ether oxygens (including phenoxy) is 1. The highest BCUT2D eigenvalue weighted by atomic mass is 35.5. The van der Waals surface area contributed by atoms with Gasteiger partial charge in [-0.3, -0.25) is 9.59 Å². The number of imidazole rings is 1. The van der Waals surface area contributed by atoms with Crippen molar-refractivity contribution in [3.05, 3.63) is 145 Å². The first-order chi connectivity index (χ1) is 21.8. The molecule has 0 radical (unpaired) electrons. The monoisotopic (exact) mass is 672 g/mol. The van der Waals surface area contributed by atoms with Crippen LogP contribution in [0, 0.1) is 0 Å². The third-order valence-electron chi connectivity index (χ3n) is 6.73. The standard InChI is InChI=1S/C34H20Cl4N4O3/c35-28-26(33-40-24-15-14-21(17-25(24)41-33)32(43)20-9-3-1-4-10-20)27(29(36)31(38)30(28)37)34(44)42-39-18-19-8-7-13-23(16-19)45-22-11-5-2-6-12-22/h1-18H,(H,40,41)(H,42,44). The van der Waals surface area contributed by atoms with Crippen molar-refractivity contribution in [2.75, 3.05) is 0 Å². The van der Waals surface area contributed by atoms with Crippen LogP contribution in [0.4, 0.5) is 0 Å². The molecule has 1 aromatic heterocycles. The van der Waals surface area contributed by atoms with E-state index in [1.54, 1.807) is 66.7 Å². The molecule has 1 heterocycles. The highest BCUT2D eigenvalue weighted by molar-refractivity contribution is 6.54. The number of amides is 1. The Labute approximate surface area is 277 Å². The number of carbonyl (C=O) groups is 2. The highest BCUT2D eigenvalue weighted by Gasteiger charge is 2.28. The number of hydrogen-bond donors (Lipinski definition) is 2. The van der Waals surface area contributed by atoms with Crippen molar-refractivity contribution in [2.45, 2.75) is 0 Å². The van der Waals surface area contributed by atoms with Crippen LogP contribution in [0.3, 0.4) is 0 Å². The van der Waals surface area contributed by atoms with E-state index in [-0.39, 0.29) is 42.8 Å². The first kappa shape index (κ1) is 30.4. The van der Waals surface area contributed by atoms with Crippen molar-refractivity contribution in [1.82, 2.24) is 15.4 Å². The van der Waals surface area contributed by atoms with Crippen LogP contribution in [0.25, 0.3) is 22.4 Å². The van der Waals surface area contributed by atoms with Gasteiger partial charge in [-0.25, -0.2) is 10.4 Å². The molecule has 2 N–H and O–H groups in total. The number of hydrazone groups is 1. The molecule has 0 saturated carbocycles. The van der Waals surface area contributed by atoms with Gasteiger partial charge in [0.1, 0.15) is 17.3 Å². The van der Waals surface area contributed by atoms with Gasteiger partial charge in [0.2, 0.25) is 0 Å². The maximum atomic E-state index is 13.5. The number of nitrogens with zero attached hydrogens (tertiary/aromatic N) is 2. The molecule has 222 valence electrons. The quantitative estimate of drug-likeness (QED) is 0.0553. The van der Waals surface area contributed by atoms with E-state index in [0.717, 1.165) is 0 Å². The van der Waals surface area contributed by atoms with Crippen LogP contribution in [0.1, 0.15) is 31.8 Å². The second-order valence-corrected chi connectivity index (χ2v) is 11.2. The smallest absolute Gasteiger partial charge is 0.273 e. The number of rotatable bonds is 8. The Bertz CT molecular complexity index is 2100. The highest BCUT2D eigenvalue weighted by Crippen LogP contribution is 2.45. The first-order valence-corrected chi connectivity index (χ1v) is 14.9. The normalized spacial score (nSPS) is 11.2. The summed E-state index contributed by atoms with van der Waals surface area (Å²) in [5.74, 6) is 0.614. The fourth-order valence-electron chi connectivity index (χ4n) is 4.60. The topological polar surface area (TPSA) is 96.4 Å². The number of ketones is 1. The Morgan fingerprint density at radius 3 is 2.18 bits per heavy atom. The molecule has 0 aliphatic rings. The van der Waals surface area contributed by atoms with Crippen LogP contribution < -0.4 is 10.2 Å². The van der Waals surface area contributed by atoms with E-state index >= 15 is 0 Å². The number of halogens is 4. The fourth-order valence-corrected chi connectivity index (χ4v) is 5.62. The maximum Gasteiger partial charge on any atom is 0.273 e. The van der Waals surface area contributed by atoms with Gasteiger partial charge in [0.15, 0.2) is 5.78 Å². The molecule has 11 heteroatoms. The number of hydrogen-bond acceptors (Lipinski definition) is 5. The lowest BCUT2D eigenvalue weighted by molar-refractivity contribution is 0.0955. The van der Waals surface area contributed by atoms with Gasteiger partial charge >= 0.3 is 0 Å². The summed E-state index contributed by atoms with van der Waals surface area (Å²) < 4.78 is 5.86. The minimum atomic E-state index is -0.705. The molecule has 45 heavy (non-hydrogen) atoms. The SMILES string of the molecule is O=C(c1ccccc1)c1ccc2nc(-c3c(Cl)c(Cl)c(Cl)c(Cl)c3C(=O)NN=Cc3cccc(Oc4ccccc4)c3)[nH]c2c1. The molecule has 0 spiro atoms. The molecule has 1 amide bonds. The van der Waals surface area contributed by atoms with Crippen molar-refractivity contribution in [2.24, 2.45) is 5.10 Å². The zero-order valence-corrected chi connectivity index (χ0v) is 26.0. The predicted molar refractivity (Wildman–Crippen MR) is 179 cm³/mol. The van der Waals surface area contributed by atoms with E-state index in [4.69, 9.17) is 51.1 Å². The van der Waals surface area contributed by atoms with Crippen molar-refractivity contribution >= 4 is 75.3 Å². The van der Waals surface area contributed by atoms with E-state index in [1.807, 2.05) is 36.4 Å². The molecule has 0 atom stereocenters. The molecule has 6 rings (SSSR count). The number of H-pyrrole nitrogens is 1. The van der Waals surface area contributed by atoms with Crippen LogP contribution in [-0.2, 0) is 0 Å². The van der Waals surface area contributed by atoms with Gasteiger partial charge in [0, 0.05) is 11.1 Å². The number of nitrogens with one attached hydrogen (secondary N) is 2. The van der Waals surface area contributed by atoms with E-state index in [2.05, 4.69) is 20.5 Å². The van der Waals surface area contributed by atoms with Crippen molar-refractivity contribution in [3.8, 4) is 22.9 Å². The maximum absolute atomic E-state index is 13.5. The summed E-state index contributed by atoms with van der Waals surface area (Å²) in [7, 11) is 0. The largest absolute Gasteiger partial charge is 0.457 e. The van der Waals surface area contributed by atoms with Crippen LogP contribution in [0.2, 0.25) is 20.1 Å². The average molecular weight is 674 g/mol. The number of fused-ring (bicyclic) bond motifs is 1. The van der Waals surface area contributed by atoms with Crippen LogP contribution >= 0.6 is 46.4 Å². The van der Waals surface area contributed by atoms with E-state index in [9.17, 15) is 9.59 Å². The average Bonchev–Trinajstić information content (AvgIpc) is 3.49. The number of para-hydroxylation sites is 1. The molecule has 0 fully saturated rings. The minimum Gasteiger partial charge on any atom is -0.457 e. The summed E-state index contributed by atoms with van der Waals surface area (Å²) >= 11 is 25.9. The Morgan fingerprint density at radius 2 is 1.42 bits per heavy atom. The first-order valence-electron chi connectivity index (χ1n) is 13.4. The summed E-state index contributed by atoms with van der Waals surface area (Å²) in [4.78, 5) is 34.3. The lowest BCUT2D eigenvalue weighted by atomic mass is 10.0. The Morgan fingerprint density at radius 1 is 0.733 bits per heavy atom. The molecule has 6 aromatic rings. The summed E-state index contributed by atoms with van der Waals surface area (Å²) in [6.45, 7) is 0. The molecule has 0 saturated heterocycles. The summed E-state index contributed by atoms with van der Waals surface area (Å²) in [5.41, 5.74) is 5.23. The van der Waals surface area contributed by atoms with E-state index in [0.29, 0.717) is 39.2 Å². The van der Waals surface area contributed by atoms with E-state index in [1.165, 1.54) is 6.21 Å². The van der Waals surface area contributed by atoms with Gasteiger partial charge in [0.05, 0.1) is 48.5 Å². The van der Waals surface area contributed by atoms with Crippen molar-refractivity contribution in [3.63, 3.8) is 0 Å². The Kier molecular flexibility index (Phi) is 8.87. The van der Waals surface area contributed by atoms with Gasteiger partial charge < -0.3 is 9.72 Å². The summed E-state index contributed by atoms with van der Waals surface area (Å²) in [5, 5.41) is 3.79. The number of benzene rings is 5. The molecule has 0 aliphatic carbocycles. The Balaban J connectivity index is 1.30. The van der Waals surface area contributed by atoms with Gasteiger partial charge in [-0.05, 0) is 48.0 Å². The molecule has 5 aromatic carbocycles. The lowest BCUT2D eigenvalue weighted by Crippen LogP contribution is -2.20. The lowest BCUT2D eigenvalue weighted by Gasteiger charge is -2.14. The van der Waals surface area contributed by atoms with Crippen LogP contribution in [-0.4, -0.2) is 27.9 Å². The zero-order chi connectivity index (χ0) is 31.5.